The Bertz CT molecular complexity index is 942. The number of benzene rings is 2. The number of fused-ring (bicyclic) bond motifs is 4. The predicted molar refractivity (Wildman–Crippen MR) is 108 cm³/mol. The van der Waals surface area contributed by atoms with Gasteiger partial charge in [-0.25, -0.2) is 0 Å². The number of aliphatic hydroxyl groups excluding tert-OH is 1. The summed E-state index contributed by atoms with van der Waals surface area (Å²) >= 11 is 0. The molecule has 27 heavy (non-hydrogen) atoms. The molecular weight excluding hydrogens is 338 g/mol. The molecule has 142 valence electrons. The van der Waals surface area contributed by atoms with Crippen molar-refractivity contribution in [3.63, 3.8) is 0 Å². The molecule has 0 amide bonds. The average molecular weight is 365 g/mol. The smallest absolute Gasteiger partial charge is 0.134 e. The number of nitrogens with one attached hydrogen (secondary N) is 1. The van der Waals surface area contributed by atoms with Crippen LogP contribution >= 0.6 is 0 Å². The van der Waals surface area contributed by atoms with Gasteiger partial charge in [-0.1, -0.05) is 24.3 Å². The number of aliphatic hydroxyl groups is 1. The number of hydrogen-bond acceptors (Lipinski definition) is 4. The second-order valence-corrected chi connectivity index (χ2v) is 7.70. The van der Waals surface area contributed by atoms with Crippen molar-refractivity contribution < 1.29 is 14.3 Å². The molecule has 2 N–H and O–H groups in total. The minimum atomic E-state index is -0.194. The highest BCUT2D eigenvalue weighted by Crippen LogP contribution is 2.46. The van der Waals surface area contributed by atoms with Crippen LogP contribution in [0.4, 0.5) is 0 Å². The standard InChI is InChI=1S/C23H27NO3/c1-23(2)20-15-17(26-13-11-24-10-5-12-25)9-8-16(20)14-19-18-6-3-4-7-21(18)27-22(19)23/h3-4,6-9,15,24-25H,5,10-14H2,1-2H3. The van der Waals surface area contributed by atoms with Crippen LogP contribution in [-0.2, 0) is 11.8 Å². The Kier molecular flexibility index (Phi) is 4.94. The van der Waals surface area contributed by atoms with Gasteiger partial charge >= 0.3 is 0 Å². The summed E-state index contributed by atoms with van der Waals surface area (Å²) in [6.45, 7) is 6.87. The zero-order chi connectivity index (χ0) is 18.9. The highest BCUT2D eigenvalue weighted by atomic mass is 16.5. The lowest BCUT2D eigenvalue weighted by Gasteiger charge is -2.31. The van der Waals surface area contributed by atoms with E-state index in [1.807, 2.05) is 12.1 Å². The number of para-hydroxylation sites is 1. The van der Waals surface area contributed by atoms with Crippen molar-refractivity contribution >= 4 is 11.0 Å². The van der Waals surface area contributed by atoms with Crippen LogP contribution in [0.15, 0.2) is 46.9 Å². The summed E-state index contributed by atoms with van der Waals surface area (Å²) in [7, 11) is 0. The minimum absolute atomic E-state index is 0.194. The summed E-state index contributed by atoms with van der Waals surface area (Å²) in [4.78, 5) is 0. The van der Waals surface area contributed by atoms with Crippen molar-refractivity contribution in [3.05, 3.63) is 64.9 Å². The molecule has 0 atom stereocenters. The van der Waals surface area contributed by atoms with Crippen LogP contribution < -0.4 is 10.1 Å². The van der Waals surface area contributed by atoms with E-state index in [-0.39, 0.29) is 12.0 Å². The van der Waals surface area contributed by atoms with E-state index in [4.69, 9.17) is 14.3 Å². The van der Waals surface area contributed by atoms with Gasteiger partial charge in [0, 0.05) is 35.9 Å². The highest BCUT2D eigenvalue weighted by molar-refractivity contribution is 5.84. The summed E-state index contributed by atoms with van der Waals surface area (Å²) in [6.07, 6.45) is 1.67. The number of hydrogen-bond donors (Lipinski definition) is 2. The van der Waals surface area contributed by atoms with Crippen LogP contribution in [0.2, 0.25) is 0 Å². The normalized spacial score (nSPS) is 14.8. The first kappa shape index (κ1) is 18.1. The van der Waals surface area contributed by atoms with E-state index in [2.05, 4.69) is 49.5 Å². The average Bonchev–Trinajstić information content (AvgIpc) is 3.05. The van der Waals surface area contributed by atoms with Gasteiger partial charge in [0.05, 0.1) is 0 Å². The Labute approximate surface area is 160 Å². The maximum absolute atomic E-state index is 8.80. The molecule has 0 aliphatic heterocycles. The molecule has 1 aliphatic rings. The van der Waals surface area contributed by atoms with Crippen molar-refractivity contribution in [1.82, 2.24) is 5.32 Å². The zero-order valence-corrected chi connectivity index (χ0v) is 16.0. The molecule has 3 aromatic rings. The molecule has 1 aromatic heterocycles. The van der Waals surface area contributed by atoms with Gasteiger partial charge in [-0.2, -0.15) is 0 Å². The molecule has 1 aliphatic carbocycles. The summed E-state index contributed by atoms with van der Waals surface area (Å²) in [5.41, 5.74) is 4.70. The Morgan fingerprint density at radius 2 is 2.00 bits per heavy atom. The molecule has 0 saturated carbocycles. The Balaban J connectivity index is 1.55. The number of rotatable bonds is 7. The van der Waals surface area contributed by atoms with Crippen LogP contribution in [0.25, 0.3) is 11.0 Å². The maximum Gasteiger partial charge on any atom is 0.134 e. The van der Waals surface area contributed by atoms with Gasteiger partial charge in [-0.05, 0) is 56.1 Å². The Morgan fingerprint density at radius 3 is 2.85 bits per heavy atom. The van der Waals surface area contributed by atoms with E-state index in [9.17, 15) is 0 Å². The molecule has 0 spiro atoms. The summed E-state index contributed by atoms with van der Waals surface area (Å²) in [5, 5.41) is 13.3. The van der Waals surface area contributed by atoms with Crippen molar-refractivity contribution in [2.45, 2.75) is 32.1 Å². The third kappa shape index (κ3) is 3.35. The van der Waals surface area contributed by atoms with E-state index in [1.165, 1.54) is 22.1 Å². The predicted octanol–water partition coefficient (Wildman–Crippen LogP) is 4.01. The first-order chi connectivity index (χ1) is 13.1. The summed E-state index contributed by atoms with van der Waals surface area (Å²) < 4.78 is 12.2. The van der Waals surface area contributed by atoms with Gasteiger partial charge in [0.2, 0.25) is 0 Å². The third-order valence-electron chi connectivity index (χ3n) is 5.45. The number of furan rings is 1. The summed E-state index contributed by atoms with van der Waals surface area (Å²) in [5.74, 6) is 1.96. The lowest BCUT2D eigenvalue weighted by atomic mass is 9.72. The van der Waals surface area contributed by atoms with Crippen LogP contribution in [-0.4, -0.2) is 31.4 Å². The fraction of sp³-hybridized carbons (Fsp3) is 0.391. The molecule has 0 saturated heterocycles. The molecule has 4 rings (SSSR count). The van der Waals surface area contributed by atoms with E-state index in [1.54, 1.807) is 0 Å². The molecule has 0 bridgehead atoms. The van der Waals surface area contributed by atoms with Crippen molar-refractivity contribution in [2.75, 3.05) is 26.3 Å². The Hall–Kier alpha value is -2.30. The molecule has 2 aromatic carbocycles. The molecule has 4 nitrogen and oxygen atoms in total. The second kappa shape index (κ2) is 7.37. The monoisotopic (exact) mass is 365 g/mol. The van der Waals surface area contributed by atoms with Gasteiger partial charge in [0.25, 0.3) is 0 Å². The molecule has 4 heteroatoms. The van der Waals surface area contributed by atoms with Gasteiger partial charge < -0.3 is 19.6 Å². The van der Waals surface area contributed by atoms with Crippen LogP contribution in [0.3, 0.4) is 0 Å². The van der Waals surface area contributed by atoms with Crippen LogP contribution in [0.1, 0.15) is 42.7 Å². The molecule has 1 heterocycles. The van der Waals surface area contributed by atoms with Crippen molar-refractivity contribution in [3.8, 4) is 5.75 Å². The van der Waals surface area contributed by atoms with Gasteiger partial charge in [0.15, 0.2) is 0 Å². The third-order valence-corrected chi connectivity index (χ3v) is 5.45. The van der Waals surface area contributed by atoms with Crippen molar-refractivity contribution in [1.29, 1.82) is 0 Å². The van der Waals surface area contributed by atoms with Gasteiger partial charge in [0.1, 0.15) is 23.7 Å². The van der Waals surface area contributed by atoms with E-state index in [0.29, 0.717) is 6.61 Å². The lowest BCUT2D eigenvalue weighted by Crippen LogP contribution is -2.26. The molecule has 0 radical (unpaired) electrons. The minimum Gasteiger partial charge on any atom is -0.492 e. The van der Waals surface area contributed by atoms with E-state index in [0.717, 1.165) is 43.0 Å². The Morgan fingerprint density at radius 1 is 1.15 bits per heavy atom. The fourth-order valence-corrected chi connectivity index (χ4v) is 4.04. The largest absolute Gasteiger partial charge is 0.492 e. The number of ether oxygens (including phenoxy) is 1. The quantitative estimate of drug-likeness (QED) is 0.621. The first-order valence-electron chi connectivity index (χ1n) is 9.70. The zero-order valence-electron chi connectivity index (χ0n) is 16.0. The fourth-order valence-electron chi connectivity index (χ4n) is 4.04. The van der Waals surface area contributed by atoms with Crippen LogP contribution in [0, 0.1) is 0 Å². The van der Waals surface area contributed by atoms with E-state index < -0.39 is 0 Å². The maximum atomic E-state index is 8.80. The first-order valence-corrected chi connectivity index (χ1v) is 9.70. The van der Waals surface area contributed by atoms with Crippen LogP contribution in [0.5, 0.6) is 5.75 Å². The molecular formula is C23H27NO3. The van der Waals surface area contributed by atoms with E-state index >= 15 is 0 Å². The highest BCUT2D eigenvalue weighted by Gasteiger charge is 2.37. The van der Waals surface area contributed by atoms with Crippen molar-refractivity contribution in [2.24, 2.45) is 0 Å². The van der Waals surface area contributed by atoms with Gasteiger partial charge in [-0.3, -0.25) is 0 Å². The topological polar surface area (TPSA) is 54.6 Å². The lowest BCUT2D eigenvalue weighted by molar-refractivity contribution is 0.278. The molecule has 0 unspecified atom stereocenters. The second-order valence-electron chi connectivity index (χ2n) is 7.70. The molecule has 0 fully saturated rings. The van der Waals surface area contributed by atoms with Gasteiger partial charge in [-0.15, -0.1) is 0 Å². The SMILES string of the molecule is CC1(C)c2cc(OCCNCCCO)ccc2Cc2c1oc1ccccc21. The summed E-state index contributed by atoms with van der Waals surface area (Å²) in [6, 6.07) is 14.7.